The quantitative estimate of drug-likeness (QED) is 0.453. The third-order valence-corrected chi connectivity index (χ3v) is 6.06. The molecule has 11 heteroatoms. The number of hydrogen-bond acceptors (Lipinski definition) is 9. The first-order chi connectivity index (χ1) is 14.9. The second-order valence-electron chi connectivity index (χ2n) is 6.36. The van der Waals surface area contributed by atoms with Gasteiger partial charge in [0.25, 0.3) is 0 Å². The average Bonchev–Trinajstić information content (AvgIpc) is 3.47. The maximum absolute atomic E-state index is 12.5. The van der Waals surface area contributed by atoms with Gasteiger partial charge in [0.05, 0.1) is 23.9 Å². The van der Waals surface area contributed by atoms with Crippen molar-refractivity contribution in [2.45, 2.75) is 26.0 Å². The Hall–Kier alpha value is -3.05. The van der Waals surface area contributed by atoms with Gasteiger partial charge in [-0.2, -0.15) is 0 Å². The summed E-state index contributed by atoms with van der Waals surface area (Å²) in [5.74, 6) is 0.230. The molecule has 0 aromatic carbocycles. The number of nitrogens with one attached hydrogen (secondary N) is 2. The van der Waals surface area contributed by atoms with Crippen LogP contribution in [0.15, 0.2) is 38.8 Å². The number of carbonyl (C=O) groups excluding carboxylic acids is 3. The number of aromatic nitrogens is 1. The van der Waals surface area contributed by atoms with Crippen LogP contribution in [0.3, 0.4) is 0 Å². The monoisotopic (exact) mass is 463 g/mol. The zero-order chi connectivity index (χ0) is 22.4. The summed E-state index contributed by atoms with van der Waals surface area (Å²) in [5, 5.41) is 10.7. The topological polar surface area (TPSA) is 124 Å². The first-order valence-corrected chi connectivity index (χ1v) is 11.3. The molecule has 164 valence electrons. The van der Waals surface area contributed by atoms with Crippen molar-refractivity contribution in [2.24, 2.45) is 0 Å². The van der Waals surface area contributed by atoms with E-state index >= 15 is 0 Å². The average molecular weight is 464 g/mol. The Kier molecular flexibility index (Phi) is 7.53. The Morgan fingerprint density at radius 1 is 1.32 bits per heavy atom. The highest BCUT2D eigenvalue weighted by Crippen LogP contribution is 2.36. The summed E-state index contributed by atoms with van der Waals surface area (Å²) < 4.78 is 15.4. The van der Waals surface area contributed by atoms with Crippen molar-refractivity contribution in [1.29, 1.82) is 0 Å². The summed E-state index contributed by atoms with van der Waals surface area (Å²) >= 11 is 2.36. The lowest BCUT2D eigenvalue weighted by atomic mass is 10.1. The zero-order valence-electron chi connectivity index (χ0n) is 17.1. The smallest absolute Gasteiger partial charge is 0.341 e. The second kappa shape index (κ2) is 10.3. The van der Waals surface area contributed by atoms with E-state index in [1.807, 2.05) is 0 Å². The minimum absolute atomic E-state index is 0.0165. The maximum Gasteiger partial charge on any atom is 0.341 e. The van der Waals surface area contributed by atoms with Crippen molar-refractivity contribution in [3.63, 3.8) is 0 Å². The van der Waals surface area contributed by atoms with Crippen LogP contribution in [0.2, 0.25) is 0 Å². The Labute approximate surface area is 186 Å². The van der Waals surface area contributed by atoms with Gasteiger partial charge in [0, 0.05) is 17.0 Å². The molecule has 3 aromatic rings. The van der Waals surface area contributed by atoms with Gasteiger partial charge in [0.2, 0.25) is 11.8 Å². The lowest BCUT2D eigenvalue weighted by Gasteiger charge is -2.11. The van der Waals surface area contributed by atoms with E-state index in [0.717, 1.165) is 11.8 Å². The van der Waals surface area contributed by atoms with Gasteiger partial charge in [-0.25, -0.2) is 4.79 Å². The number of esters is 1. The first-order valence-electron chi connectivity index (χ1n) is 9.37. The lowest BCUT2D eigenvalue weighted by Crippen LogP contribution is -2.25. The van der Waals surface area contributed by atoms with Crippen molar-refractivity contribution < 1.29 is 28.1 Å². The Morgan fingerprint density at radius 3 is 2.77 bits per heavy atom. The third-order valence-electron chi connectivity index (χ3n) is 4.02. The van der Waals surface area contributed by atoms with Gasteiger partial charge in [-0.05, 0) is 32.9 Å². The number of thiophene rings is 1. The molecular formula is C20H21N3O6S2. The molecule has 3 heterocycles. The lowest BCUT2D eigenvalue weighted by molar-refractivity contribution is -0.115. The fraction of sp³-hybridized carbons (Fsp3) is 0.300. The summed E-state index contributed by atoms with van der Waals surface area (Å²) in [5.41, 5.74) is 0.791. The van der Waals surface area contributed by atoms with E-state index in [4.69, 9.17) is 13.7 Å². The summed E-state index contributed by atoms with van der Waals surface area (Å²) in [4.78, 5) is 37.2. The van der Waals surface area contributed by atoms with Crippen LogP contribution < -0.4 is 10.6 Å². The van der Waals surface area contributed by atoms with E-state index in [9.17, 15) is 14.4 Å². The highest BCUT2D eigenvalue weighted by molar-refractivity contribution is 8.01. The van der Waals surface area contributed by atoms with Gasteiger partial charge in [-0.3, -0.25) is 9.59 Å². The van der Waals surface area contributed by atoms with Crippen molar-refractivity contribution in [3.05, 3.63) is 41.2 Å². The van der Waals surface area contributed by atoms with Gasteiger partial charge in [-0.15, -0.1) is 23.1 Å². The molecule has 0 spiro atoms. The van der Waals surface area contributed by atoms with Gasteiger partial charge in [-0.1, -0.05) is 5.16 Å². The molecule has 0 saturated carbocycles. The molecule has 31 heavy (non-hydrogen) atoms. The molecule has 3 aromatic heterocycles. The highest BCUT2D eigenvalue weighted by atomic mass is 32.2. The van der Waals surface area contributed by atoms with Gasteiger partial charge >= 0.3 is 5.97 Å². The summed E-state index contributed by atoms with van der Waals surface area (Å²) in [7, 11) is 0. The third kappa shape index (κ3) is 5.76. The number of carbonyl (C=O) groups is 3. The predicted octanol–water partition coefficient (Wildman–Crippen LogP) is 4.18. The molecule has 0 fully saturated rings. The summed E-state index contributed by atoms with van der Waals surface area (Å²) in [6.07, 6.45) is 1.50. The molecule has 0 aliphatic heterocycles. The number of ether oxygens (including phenoxy) is 1. The van der Waals surface area contributed by atoms with Crippen molar-refractivity contribution >= 4 is 51.7 Å². The molecule has 0 radical (unpaired) electrons. The minimum atomic E-state index is -0.547. The normalized spacial score (nSPS) is 11.7. The molecule has 0 aliphatic carbocycles. The summed E-state index contributed by atoms with van der Waals surface area (Å²) in [6, 6.07) is 5.04. The molecule has 1 atom stereocenters. The molecule has 0 aliphatic rings. The van der Waals surface area contributed by atoms with Crippen molar-refractivity contribution in [3.8, 4) is 11.3 Å². The standard InChI is InChI=1S/C20H21N3O6S2/c1-4-27-20(26)17-13(14-6-5-7-28-14)9-31-19(17)22-16(24)10-30-12(3)18(25)21-15-8-11(2)29-23-15/h5-9,12H,4,10H2,1-3H3,(H,22,24)(H,21,23,25). The van der Waals surface area contributed by atoms with E-state index < -0.39 is 11.2 Å². The van der Waals surface area contributed by atoms with Crippen molar-refractivity contribution in [2.75, 3.05) is 23.0 Å². The van der Waals surface area contributed by atoms with E-state index in [0.29, 0.717) is 27.9 Å². The van der Waals surface area contributed by atoms with Crippen LogP contribution in [0.5, 0.6) is 0 Å². The number of anilines is 2. The van der Waals surface area contributed by atoms with E-state index in [-0.39, 0.29) is 29.7 Å². The molecule has 1 unspecified atom stereocenters. The molecule has 2 amide bonds. The van der Waals surface area contributed by atoms with Gasteiger partial charge < -0.3 is 24.3 Å². The number of amides is 2. The zero-order valence-corrected chi connectivity index (χ0v) is 18.7. The molecule has 0 saturated heterocycles. The summed E-state index contributed by atoms with van der Waals surface area (Å²) in [6.45, 7) is 5.31. The van der Waals surface area contributed by atoms with Crippen LogP contribution >= 0.6 is 23.1 Å². The molecule has 2 N–H and O–H groups in total. The Morgan fingerprint density at radius 2 is 2.13 bits per heavy atom. The number of nitrogens with zero attached hydrogens (tertiary/aromatic N) is 1. The fourth-order valence-electron chi connectivity index (χ4n) is 2.56. The van der Waals surface area contributed by atoms with E-state index in [2.05, 4.69) is 15.8 Å². The molecule has 0 bridgehead atoms. The van der Waals surface area contributed by atoms with Crippen LogP contribution in [0.4, 0.5) is 10.8 Å². The van der Waals surface area contributed by atoms with Gasteiger partial charge in [0.1, 0.15) is 22.1 Å². The largest absolute Gasteiger partial charge is 0.464 e. The molecule has 9 nitrogen and oxygen atoms in total. The number of rotatable bonds is 9. The molecular weight excluding hydrogens is 442 g/mol. The number of aryl methyl sites for hydroxylation is 1. The Bertz CT molecular complexity index is 1060. The van der Waals surface area contributed by atoms with Crippen LogP contribution in [-0.2, 0) is 14.3 Å². The minimum Gasteiger partial charge on any atom is -0.464 e. The number of hydrogen-bond donors (Lipinski definition) is 2. The SMILES string of the molecule is CCOC(=O)c1c(-c2ccco2)csc1NC(=O)CSC(C)C(=O)Nc1cc(C)on1. The van der Waals surface area contributed by atoms with Gasteiger partial charge in [0.15, 0.2) is 5.82 Å². The first kappa shape index (κ1) is 22.6. The van der Waals surface area contributed by atoms with Crippen LogP contribution in [0, 0.1) is 6.92 Å². The van der Waals surface area contributed by atoms with Crippen LogP contribution in [-0.4, -0.2) is 40.6 Å². The van der Waals surface area contributed by atoms with Crippen LogP contribution in [0.25, 0.3) is 11.3 Å². The highest BCUT2D eigenvalue weighted by Gasteiger charge is 2.24. The van der Waals surface area contributed by atoms with E-state index in [1.165, 1.54) is 17.6 Å². The van der Waals surface area contributed by atoms with E-state index in [1.54, 1.807) is 44.4 Å². The fourth-order valence-corrected chi connectivity index (χ4v) is 4.20. The maximum atomic E-state index is 12.5. The van der Waals surface area contributed by atoms with Crippen molar-refractivity contribution in [1.82, 2.24) is 5.16 Å². The molecule has 3 rings (SSSR count). The number of furan rings is 1. The van der Waals surface area contributed by atoms with Crippen LogP contribution in [0.1, 0.15) is 30.0 Å². The predicted molar refractivity (Wildman–Crippen MR) is 118 cm³/mol. The Balaban J connectivity index is 1.62. The number of thioether (sulfide) groups is 1. The second-order valence-corrected chi connectivity index (χ2v) is 8.57.